The van der Waals surface area contributed by atoms with Crippen molar-refractivity contribution in [3.8, 4) is 17.9 Å². The Morgan fingerprint density at radius 2 is 1.50 bits per heavy atom. The van der Waals surface area contributed by atoms with Gasteiger partial charge >= 0.3 is 0 Å². The van der Waals surface area contributed by atoms with Crippen LogP contribution in [0.2, 0.25) is 0 Å². The molecule has 0 fully saturated rings. The molecule has 0 saturated heterocycles. The summed E-state index contributed by atoms with van der Waals surface area (Å²) in [5.41, 5.74) is 0.285. The SMILES string of the molecule is CCCCCCCCCCCCCC#Cc1ccc(F)c(C#N)n1. The highest BCUT2D eigenvalue weighted by molar-refractivity contribution is 5.33. The third-order valence-corrected chi connectivity index (χ3v) is 4.07. The van der Waals surface area contributed by atoms with Gasteiger partial charge in [-0.05, 0) is 24.5 Å². The van der Waals surface area contributed by atoms with Crippen LogP contribution < -0.4 is 0 Å². The number of halogens is 1. The summed E-state index contributed by atoms with van der Waals surface area (Å²) in [4.78, 5) is 3.88. The van der Waals surface area contributed by atoms with Crippen LogP contribution >= 0.6 is 0 Å². The summed E-state index contributed by atoms with van der Waals surface area (Å²) >= 11 is 0. The van der Waals surface area contributed by atoms with Crippen molar-refractivity contribution < 1.29 is 4.39 Å². The second-order valence-corrected chi connectivity index (χ2v) is 6.23. The van der Waals surface area contributed by atoms with E-state index in [4.69, 9.17) is 5.26 Å². The number of nitrogens with zero attached hydrogens (tertiary/aromatic N) is 2. The molecule has 2 nitrogen and oxygen atoms in total. The summed E-state index contributed by atoms with van der Waals surface area (Å²) in [6.45, 7) is 2.25. The van der Waals surface area contributed by atoms with Gasteiger partial charge in [0.1, 0.15) is 11.8 Å². The standard InChI is InChI=1S/C21H29FN2/c1-2-3-4-5-6-7-8-9-10-11-12-13-14-15-19-16-17-20(22)21(18-23)24-19/h16-17H,2-13H2,1H3. The smallest absolute Gasteiger partial charge is 0.177 e. The van der Waals surface area contributed by atoms with Crippen LogP contribution in [0.15, 0.2) is 12.1 Å². The maximum Gasteiger partial charge on any atom is 0.177 e. The first-order valence-electron chi connectivity index (χ1n) is 9.33. The van der Waals surface area contributed by atoms with E-state index in [9.17, 15) is 4.39 Å². The Morgan fingerprint density at radius 1 is 0.917 bits per heavy atom. The van der Waals surface area contributed by atoms with Crippen LogP contribution in [0.4, 0.5) is 4.39 Å². The molecular weight excluding hydrogens is 299 g/mol. The van der Waals surface area contributed by atoms with Crippen molar-refractivity contribution in [3.05, 3.63) is 29.3 Å². The van der Waals surface area contributed by atoms with E-state index >= 15 is 0 Å². The number of hydrogen-bond acceptors (Lipinski definition) is 2. The lowest BCUT2D eigenvalue weighted by molar-refractivity contribution is 0.551. The molecule has 0 amide bonds. The lowest BCUT2D eigenvalue weighted by Gasteiger charge is -2.01. The zero-order valence-corrected chi connectivity index (χ0v) is 14.9. The fourth-order valence-corrected chi connectivity index (χ4v) is 2.62. The highest BCUT2D eigenvalue weighted by Crippen LogP contribution is 2.11. The minimum absolute atomic E-state index is 0.184. The fraction of sp³-hybridized carbons (Fsp3) is 0.619. The van der Waals surface area contributed by atoms with Gasteiger partial charge in [0.05, 0.1) is 0 Å². The Hall–Kier alpha value is -1.87. The van der Waals surface area contributed by atoms with Gasteiger partial charge in [-0.25, -0.2) is 9.37 Å². The lowest BCUT2D eigenvalue weighted by Crippen LogP contribution is -1.91. The van der Waals surface area contributed by atoms with Crippen LogP contribution in [-0.4, -0.2) is 4.98 Å². The molecule has 0 aliphatic carbocycles. The van der Waals surface area contributed by atoms with Gasteiger partial charge < -0.3 is 0 Å². The van der Waals surface area contributed by atoms with E-state index < -0.39 is 5.82 Å². The summed E-state index contributed by atoms with van der Waals surface area (Å²) in [7, 11) is 0. The van der Waals surface area contributed by atoms with Gasteiger partial charge in [0.2, 0.25) is 0 Å². The molecule has 0 N–H and O–H groups in total. The summed E-state index contributed by atoms with van der Waals surface area (Å²) in [6.07, 6.45) is 15.4. The highest BCUT2D eigenvalue weighted by Gasteiger charge is 2.02. The third-order valence-electron chi connectivity index (χ3n) is 4.07. The Morgan fingerprint density at radius 3 is 2.08 bits per heavy atom. The summed E-state index contributed by atoms with van der Waals surface area (Å²) in [5.74, 6) is 5.37. The molecule has 0 atom stereocenters. The first-order valence-corrected chi connectivity index (χ1v) is 9.33. The van der Waals surface area contributed by atoms with E-state index in [2.05, 4.69) is 23.7 Å². The van der Waals surface area contributed by atoms with Crippen molar-refractivity contribution in [1.82, 2.24) is 4.98 Å². The number of nitriles is 1. The normalized spacial score (nSPS) is 10.0. The van der Waals surface area contributed by atoms with Crippen molar-refractivity contribution >= 4 is 0 Å². The van der Waals surface area contributed by atoms with Crippen LogP contribution in [0.25, 0.3) is 0 Å². The van der Waals surface area contributed by atoms with Crippen LogP contribution in [0, 0.1) is 29.0 Å². The molecule has 0 unspecified atom stereocenters. The molecule has 0 bridgehead atoms. The van der Waals surface area contributed by atoms with Gasteiger partial charge in [0.25, 0.3) is 0 Å². The Kier molecular flexibility index (Phi) is 11.4. The molecule has 0 saturated carbocycles. The molecule has 0 aromatic carbocycles. The Balaban J connectivity index is 2.02. The summed E-state index contributed by atoms with van der Waals surface area (Å²) in [5, 5.41) is 8.73. The molecule has 1 aromatic rings. The van der Waals surface area contributed by atoms with Crippen molar-refractivity contribution in [2.45, 2.75) is 84.0 Å². The van der Waals surface area contributed by atoms with E-state index in [-0.39, 0.29) is 5.69 Å². The van der Waals surface area contributed by atoms with E-state index in [0.717, 1.165) is 12.8 Å². The third kappa shape index (κ3) is 9.31. The topological polar surface area (TPSA) is 36.7 Å². The molecule has 1 heterocycles. The van der Waals surface area contributed by atoms with E-state index in [1.165, 1.54) is 76.3 Å². The maximum absolute atomic E-state index is 13.1. The van der Waals surface area contributed by atoms with E-state index in [0.29, 0.717) is 5.69 Å². The summed E-state index contributed by atoms with van der Waals surface area (Å²) in [6, 6.07) is 4.50. The number of aromatic nitrogens is 1. The molecule has 1 aromatic heterocycles. The van der Waals surface area contributed by atoms with Gasteiger partial charge in [0.15, 0.2) is 11.5 Å². The van der Waals surface area contributed by atoms with Gasteiger partial charge in [-0.2, -0.15) is 5.26 Å². The number of hydrogen-bond donors (Lipinski definition) is 0. The molecule has 0 spiro atoms. The second-order valence-electron chi connectivity index (χ2n) is 6.23. The summed E-state index contributed by atoms with van der Waals surface area (Å²) < 4.78 is 13.1. The van der Waals surface area contributed by atoms with Crippen molar-refractivity contribution in [2.24, 2.45) is 0 Å². The largest absolute Gasteiger partial charge is 0.226 e. The zero-order valence-electron chi connectivity index (χ0n) is 14.9. The van der Waals surface area contributed by atoms with Crippen molar-refractivity contribution in [1.29, 1.82) is 5.26 Å². The second kappa shape index (κ2) is 13.6. The van der Waals surface area contributed by atoms with Gasteiger partial charge in [-0.3, -0.25) is 0 Å². The maximum atomic E-state index is 13.1. The molecule has 1 rings (SSSR count). The van der Waals surface area contributed by atoms with Gasteiger partial charge in [0, 0.05) is 6.42 Å². The molecule has 130 valence electrons. The predicted molar refractivity (Wildman–Crippen MR) is 96.9 cm³/mol. The average molecular weight is 328 g/mol. The van der Waals surface area contributed by atoms with Gasteiger partial charge in [-0.15, -0.1) is 0 Å². The number of rotatable bonds is 11. The molecule has 0 aliphatic rings. The minimum Gasteiger partial charge on any atom is -0.226 e. The fourth-order valence-electron chi connectivity index (χ4n) is 2.62. The quantitative estimate of drug-likeness (QED) is 0.361. The lowest BCUT2D eigenvalue weighted by atomic mass is 10.1. The number of unbranched alkanes of at least 4 members (excludes halogenated alkanes) is 11. The molecule has 24 heavy (non-hydrogen) atoms. The van der Waals surface area contributed by atoms with Crippen molar-refractivity contribution in [3.63, 3.8) is 0 Å². The zero-order chi connectivity index (χ0) is 17.5. The molecule has 0 radical (unpaired) electrons. The average Bonchev–Trinajstić information content (AvgIpc) is 2.60. The predicted octanol–water partition coefficient (Wildman–Crippen LogP) is 6.14. The number of pyridine rings is 1. The van der Waals surface area contributed by atoms with Crippen molar-refractivity contribution in [2.75, 3.05) is 0 Å². The van der Waals surface area contributed by atoms with Crippen LogP contribution in [0.1, 0.15) is 95.4 Å². The van der Waals surface area contributed by atoms with Crippen LogP contribution in [-0.2, 0) is 0 Å². The monoisotopic (exact) mass is 328 g/mol. The van der Waals surface area contributed by atoms with Gasteiger partial charge in [-0.1, -0.05) is 77.1 Å². The van der Waals surface area contributed by atoms with Crippen LogP contribution in [0.5, 0.6) is 0 Å². The minimum atomic E-state index is -0.589. The molecule has 3 heteroatoms. The van der Waals surface area contributed by atoms with Crippen LogP contribution in [0.3, 0.4) is 0 Å². The first-order chi connectivity index (χ1) is 11.8. The van der Waals surface area contributed by atoms with E-state index in [1.54, 1.807) is 6.07 Å². The molecular formula is C21H29FN2. The Bertz CT molecular complexity index is 563. The highest BCUT2D eigenvalue weighted by atomic mass is 19.1. The van der Waals surface area contributed by atoms with E-state index in [1.807, 2.05) is 0 Å². The molecule has 0 aliphatic heterocycles. The Labute approximate surface area is 146 Å². The first kappa shape index (κ1) is 20.2.